The van der Waals surface area contributed by atoms with E-state index in [1.54, 1.807) is 18.2 Å². The van der Waals surface area contributed by atoms with E-state index in [9.17, 15) is 9.59 Å². The minimum Gasteiger partial charge on any atom is -0.478 e. The van der Waals surface area contributed by atoms with Gasteiger partial charge in [0.15, 0.2) is 0 Å². The summed E-state index contributed by atoms with van der Waals surface area (Å²) < 4.78 is 0. The number of carbonyl (C=O) groups excluding carboxylic acids is 1. The monoisotopic (exact) mass is 337 g/mol. The molecule has 1 amide bonds. The average Bonchev–Trinajstić information content (AvgIpc) is 2.62. The van der Waals surface area contributed by atoms with Gasteiger partial charge in [0, 0.05) is 24.0 Å². The van der Waals surface area contributed by atoms with Crippen molar-refractivity contribution in [2.45, 2.75) is 0 Å². The predicted molar refractivity (Wildman–Crippen MR) is 91.5 cm³/mol. The van der Waals surface area contributed by atoms with Gasteiger partial charge in [0.2, 0.25) is 0 Å². The second-order valence-electron chi connectivity index (χ2n) is 4.71. The maximum Gasteiger partial charge on any atom is 0.335 e. The number of nitrogens with zero attached hydrogens (tertiary/aromatic N) is 2. The lowest BCUT2D eigenvalue weighted by molar-refractivity contribution is 0.0696. The molecule has 0 aliphatic heterocycles. The van der Waals surface area contributed by atoms with E-state index < -0.39 is 5.97 Å². The number of aromatic carboxylic acids is 1. The largest absolute Gasteiger partial charge is 0.478 e. The highest BCUT2D eigenvalue weighted by atomic mass is 16.4. The van der Waals surface area contributed by atoms with Crippen LogP contribution in [0, 0.1) is 22.7 Å². The number of anilines is 2. The molecule has 0 radical (unpaired) electrons. The smallest absolute Gasteiger partial charge is 0.335 e. The highest BCUT2D eigenvalue weighted by molar-refractivity contribution is 5.94. The Morgan fingerprint density at radius 3 is 1.80 bits per heavy atom. The van der Waals surface area contributed by atoms with Crippen LogP contribution in [-0.2, 0) is 0 Å². The molecule has 0 heterocycles. The van der Waals surface area contributed by atoms with Gasteiger partial charge in [-0.2, -0.15) is 10.5 Å². The summed E-state index contributed by atoms with van der Waals surface area (Å²) in [5.74, 6) is -1.29. The molecule has 0 bridgehead atoms. The first-order valence-electron chi connectivity index (χ1n) is 6.88. The number of hydrogen-bond acceptors (Lipinski definition) is 6. The van der Waals surface area contributed by atoms with Gasteiger partial charge in [0.25, 0.3) is 5.91 Å². The molecule has 0 unspecified atom stereocenters. The lowest BCUT2D eigenvalue weighted by atomic mass is 10.1. The molecule has 8 heteroatoms. The van der Waals surface area contributed by atoms with Gasteiger partial charge < -0.3 is 21.9 Å². The minimum absolute atomic E-state index is 0.0701. The van der Waals surface area contributed by atoms with Crippen LogP contribution in [0.4, 0.5) is 11.4 Å². The van der Waals surface area contributed by atoms with Gasteiger partial charge in [0.1, 0.15) is 12.1 Å². The quantitative estimate of drug-likeness (QED) is 0.600. The molecule has 2 aromatic carbocycles. The Labute approximate surface area is 143 Å². The molecule has 0 atom stereocenters. The molecule has 126 valence electrons. The Kier molecular flexibility index (Phi) is 6.50. The summed E-state index contributed by atoms with van der Waals surface area (Å²) in [5.41, 5.74) is 12.6. The first-order chi connectivity index (χ1) is 11.8. The number of nitrogens with two attached hydrogens (primary N) is 2. The lowest BCUT2D eigenvalue weighted by Gasteiger charge is -2.01. The number of amides is 1. The highest BCUT2D eigenvalue weighted by Gasteiger charge is 2.06. The zero-order valence-electron chi connectivity index (χ0n) is 13.3. The van der Waals surface area contributed by atoms with Crippen molar-refractivity contribution < 1.29 is 14.7 Å². The van der Waals surface area contributed by atoms with Crippen molar-refractivity contribution >= 4 is 23.3 Å². The number of carboxylic acids is 1. The fourth-order valence-corrected chi connectivity index (χ4v) is 1.72. The van der Waals surface area contributed by atoms with Gasteiger partial charge in [-0.1, -0.05) is 0 Å². The number of nitrogens with one attached hydrogen (secondary N) is 1. The van der Waals surface area contributed by atoms with Gasteiger partial charge in [-0.05, 0) is 36.4 Å². The Morgan fingerprint density at radius 2 is 1.40 bits per heavy atom. The summed E-state index contributed by atoms with van der Waals surface area (Å²) in [6.45, 7) is 0. The Morgan fingerprint density at radius 1 is 0.960 bits per heavy atom. The molecule has 0 aliphatic rings. The molecule has 0 fully saturated rings. The molecule has 0 aromatic heterocycles. The van der Waals surface area contributed by atoms with Crippen molar-refractivity contribution in [3.63, 3.8) is 0 Å². The van der Waals surface area contributed by atoms with Gasteiger partial charge in [-0.15, -0.1) is 0 Å². The van der Waals surface area contributed by atoms with Crippen LogP contribution in [0.3, 0.4) is 0 Å². The van der Waals surface area contributed by atoms with E-state index in [4.69, 9.17) is 27.1 Å². The fourth-order valence-electron chi connectivity index (χ4n) is 1.72. The van der Waals surface area contributed by atoms with Crippen molar-refractivity contribution in [2.24, 2.45) is 0 Å². The number of nitrogen functional groups attached to an aromatic ring is 2. The van der Waals surface area contributed by atoms with Crippen LogP contribution in [0.15, 0.2) is 36.4 Å². The second-order valence-corrected chi connectivity index (χ2v) is 4.71. The summed E-state index contributed by atoms with van der Waals surface area (Å²) in [5, 5.41) is 28.1. The molecular formula is C17H15N5O3. The first kappa shape index (κ1) is 19.0. The summed E-state index contributed by atoms with van der Waals surface area (Å²) in [4.78, 5) is 21.6. The summed E-state index contributed by atoms with van der Waals surface area (Å²) in [7, 11) is 1.53. The molecule has 0 aliphatic carbocycles. The van der Waals surface area contributed by atoms with E-state index in [2.05, 4.69) is 5.32 Å². The molecule has 0 saturated heterocycles. The van der Waals surface area contributed by atoms with Crippen LogP contribution in [0.25, 0.3) is 0 Å². The van der Waals surface area contributed by atoms with E-state index in [-0.39, 0.29) is 17.0 Å². The number of hydrogen-bond donors (Lipinski definition) is 4. The maximum atomic E-state index is 11.1. The van der Waals surface area contributed by atoms with E-state index in [1.807, 2.05) is 6.07 Å². The maximum absolute atomic E-state index is 11.1. The Bertz CT molecular complexity index is 894. The van der Waals surface area contributed by atoms with E-state index >= 15 is 0 Å². The third-order valence-corrected chi connectivity index (χ3v) is 3.08. The Hall–Kier alpha value is -4.04. The number of nitriles is 2. The Balaban J connectivity index is 0.000000251. The SMILES string of the molecule is CNC(=O)c1ccc(N)c(C#N)c1.N#Cc1cc(C(=O)O)ccc1N. The van der Waals surface area contributed by atoms with Crippen LogP contribution < -0.4 is 16.8 Å². The lowest BCUT2D eigenvalue weighted by Crippen LogP contribution is -2.17. The standard InChI is InChI=1S/C9H9N3O.C8H6N2O2/c1-12-9(13)6-2-3-8(11)7(4-6)5-10;9-4-6-3-5(8(11)12)1-2-7(6)10/h2-4H,11H2,1H3,(H,12,13);1-3H,10H2,(H,11,12). The molecule has 0 saturated carbocycles. The van der Waals surface area contributed by atoms with Gasteiger partial charge in [0.05, 0.1) is 16.7 Å². The number of benzene rings is 2. The van der Waals surface area contributed by atoms with Gasteiger partial charge >= 0.3 is 5.97 Å². The van der Waals surface area contributed by atoms with Crippen LogP contribution in [-0.4, -0.2) is 24.0 Å². The first-order valence-corrected chi connectivity index (χ1v) is 6.88. The zero-order chi connectivity index (χ0) is 19.0. The summed E-state index contributed by atoms with van der Waals surface area (Å²) in [6, 6.07) is 12.3. The zero-order valence-corrected chi connectivity index (χ0v) is 13.3. The van der Waals surface area contributed by atoms with Crippen LogP contribution >= 0.6 is 0 Å². The van der Waals surface area contributed by atoms with Gasteiger partial charge in [-0.3, -0.25) is 4.79 Å². The van der Waals surface area contributed by atoms with E-state index in [0.29, 0.717) is 22.5 Å². The summed E-state index contributed by atoms with van der Waals surface area (Å²) in [6.07, 6.45) is 0. The molecule has 2 aromatic rings. The van der Waals surface area contributed by atoms with Crippen LogP contribution in [0.1, 0.15) is 31.8 Å². The average molecular weight is 337 g/mol. The second kappa shape index (κ2) is 8.56. The highest BCUT2D eigenvalue weighted by Crippen LogP contribution is 2.13. The molecular weight excluding hydrogens is 322 g/mol. The molecule has 6 N–H and O–H groups in total. The number of carbonyl (C=O) groups is 2. The normalized spacial score (nSPS) is 8.92. The third kappa shape index (κ3) is 4.98. The van der Waals surface area contributed by atoms with Gasteiger partial charge in [-0.25, -0.2) is 4.79 Å². The van der Waals surface area contributed by atoms with Crippen molar-refractivity contribution in [1.29, 1.82) is 10.5 Å². The van der Waals surface area contributed by atoms with Crippen molar-refractivity contribution in [3.8, 4) is 12.1 Å². The fraction of sp³-hybridized carbons (Fsp3) is 0.0588. The van der Waals surface area contributed by atoms with Crippen LogP contribution in [0.5, 0.6) is 0 Å². The topological polar surface area (TPSA) is 166 Å². The number of carboxylic acid groups (broad SMARTS) is 1. The predicted octanol–water partition coefficient (Wildman–Crippen LogP) is 1.34. The van der Waals surface area contributed by atoms with E-state index in [1.165, 1.54) is 31.3 Å². The van der Waals surface area contributed by atoms with Crippen molar-refractivity contribution in [2.75, 3.05) is 18.5 Å². The minimum atomic E-state index is -1.06. The summed E-state index contributed by atoms with van der Waals surface area (Å²) >= 11 is 0. The number of rotatable bonds is 2. The third-order valence-electron chi connectivity index (χ3n) is 3.08. The molecule has 25 heavy (non-hydrogen) atoms. The molecule has 2 rings (SSSR count). The molecule has 0 spiro atoms. The van der Waals surface area contributed by atoms with Crippen LogP contribution in [0.2, 0.25) is 0 Å². The van der Waals surface area contributed by atoms with Crippen molar-refractivity contribution in [3.05, 3.63) is 58.7 Å². The van der Waals surface area contributed by atoms with Crippen molar-refractivity contribution in [1.82, 2.24) is 5.32 Å². The van der Waals surface area contributed by atoms with E-state index in [0.717, 1.165) is 0 Å². The molecule has 8 nitrogen and oxygen atoms in total.